The van der Waals surface area contributed by atoms with E-state index in [1.54, 1.807) is 18.3 Å². The highest BCUT2D eigenvalue weighted by Gasteiger charge is 2.16. The minimum Gasteiger partial charge on any atom is -0.493 e. The number of benzene rings is 1. The maximum Gasteiger partial charge on any atom is 0.254 e. The van der Waals surface area contributed by atoms with E-state index >= 15 is 0 Å². The normalized spacial score (nSPS) is 14.1. The van der Waals surface area contributed by atoms with E-state index in [0.717, 1.165) is 24.3 Å². The van der Waals surface area contributed by atoms with Crippen molar-refractivity contribution in [2.24, 2.45) is 0 Å². The zero-order valence-corrected chi connectivity index (χ0v) is 12.5. The van der Waals surface area contributed by atoms with Crippen LogP contribution in [0.5, 0.6) is 5.75 Å². The van der Waals surface area contributed by atoms with Crippen LogP contribution in [-0.4, -0.2) is 17.5 Å². The van der Waals surface area contributed by atoms with Crippen LogP contribution in [0.15, 0.2) is 36.5 Å². The van der Waals surface area contributed by atoms with Crippen LogP contribution >= 0.6 is 12.2 Å². The molecule has 5 heteroatoms. The summed E-state index contributed by atoms with van der Waals surface area (Å²) in [5.74, 6) is 0.781. The second kappa shape index (κ2) is 5.69. The first-order valence-electron chi connectivity index (χ1n) is 6.89. The number of fused-ring (bicyclic) bond motifs is 1. The van der Waals surface area contributed by atoms with Crippen LogP contribution in [0.25, 0.3) is 0 Å². The molecule has 0 aliphatic carbocycles. The monoisotopic (exact) mass is 300 g/mol. The number of nitrogens with one attached hydrogen (secondary N) is 2. The standard InChI is InChI=1S/C16H16N2O2S/c1-10(11-4-5-14-12(9-11)6-8-20-14)18-15(19)13-3-2-7-17-16(13)21/h2-5,7,9-10H,6,8H2,1H3,(H,17,21)(H,18,19). The molecule has 1 aromatic carbocycles. The highest BCUT2D eigenvalue weighted by Crippen LogP contribution is 2.28. The minimum atomic E-state index is -0.166. The molecule has 0 radical (unpaired) electrons. The smallest absolute Gasteiger partial charge is 0.254 e. The van der Waals surface area contributed by atoms with Crippen molar-refractivity contribution < 1.29 is 9.53 Å². The lowest BCUT2D eigenvalue weighted by Gasteiger charge is -2.15. The molecule has 1 amide bonds. The van der Waals surface area contributed by atoms with Gasteiger partial charge < -0.3 is 15.0 Å². The van der Waals surface area contributed by atoms with Gasteiger partial charge in [-0.05, 0) is 42.3 Å². The van der Waals surface area contributed by atoms with Crippen LogP contribution in [0, 0.1) is 4.64 Å². The molecule has 0 fully saturated rings. The van der Waals surface area contributed by atoms with Crippen LogP contribution in [0.2, 0.25) is 0 Å². The van der Waals surface area contributed by atoms with E-state index in [9.17, 15) is 4.79 Å². The van der Waals surface area contributed by atoms with E-state index in [-0.39, 0.29) is 11.9 Å². The van der Waals surface area contributed by atoms with Crippen LogP contribution < -0.4 is 10.1 Å². The van der Waals surface area contributed by atoms with Gasteiger partial charge >= 0.3 is 0 Å². The Kier molecular flexibility index (Phi) is 3.75. The zero-order chi connectivity index (χ0) is 14.8. The summed E-state index contributed by atoms with van der Waals surface area (Å²) in [7, 11) is 0. The van der Waals surface area contributed by atoms with Crippen LogP contribution in [-0.2, 0) is 6.42 Å². The van der Waals surface area contributed by atoms with E-state index < -0.39 is 0 Å². The number of aromatic nitrogens is 1. The Labute approximate surface area is 128 Å². The number of hydrogen-bond donors (Lipinski definition) is 2. The van der Waals surface area contributed by atoms with Gasteiger partial charge in [-0.1, -0.05) is 18.3 Å². The average Bonchev–Trinajstić information content (AvgIpc) is 2.94. The molecule has 108 valence electrons. The van der Waals surface area contributed by atoms with Crippen molar-refractivity contribution in [3.8, 4) is 5.75 Å². The van der Waals surface area contributed by atoms with Crippen molar-refractivity contribution in [3.05, 3.63) is 57.9 Å². The number of pyridine rings is 1. The third-order valence-corrected chi connectivity index (χ3v) is 3.96. The van der Waals surface area contributed by atoms with Crippen molar-refractivity contribution in [2.45, 2.75) is 19.4 Å². The summed E-state index contributed by atoms with van der Waals surface area (Å²) < 4.78 is 5.94. The molecule has 0 spiro atoms. The number of carbonyl (C=O) groups is 1. The lowest BCUT2D eigenvalue weighted by Crippen LogP contribution is -2.27. The molecule has 1 aromatic heterocycles. The molecule has 4 nitrogen and oxygen atoms in total. The summed E-state index contributed by atoms with van der Waals surface area (Å²) in [6, 6.07) is 9.45. The molecule has 21 heavy (non-hydrogen) atoms. The second-order valence-electron chi connectivity index (χ2n) is 5.07. The van der Waals surface area contributed by atoms with Crippen LogP contribution in [0.3, 0.4) is 0 Å². The minimum absolute atomic E-state index is 0.0852. The molecule has 0 bridgehead atoms. The number of ether oxygens (including phenoxy) is 1. The zero-order valence-electron chi connectivity index (χ0n) is 11.7. The number of carbonyl (C=O) groups excluding carboxylic acids is 1. The fraction of sp³-hybridized carbons (Fsp3) is 0.250. The lowest BCUT2D eigenvalue weighted by molar-refractivity contribution is 0.0939. The Bertz CT molecular complexity index is 739. The molecule has 1 atom stereocenters. The maximum absolute atomic E-state index is 12.3. The summed E-state index contributed by atoms with van der Waals surface area (Å²) in [6.45, 7) is 2.70. The van der Waals surface area contributed by atoms with Gasteiger partial charge in [0.15, 0.2) is 0 Å². The van der Waals surface area contributed by atoms with Crippen LogP contribution in [0.1, 0.15) is 34.5 Å². The van der Waals surface area contributed by atoms with Crippen molar-refractivity contribution >= 4 is 18.1 Å². The van der Waals surface area contributed by atoms with Gasteiger partial charge in [0.05, 0.1) is 18.2 Å². The molecule has 3 rings (SSSR count). The first-order chi connectivity index (χ1) is 10.1. The first-order valence-corrected chi connectivity index (χ1v) is 7.30. The van der Waals surface area contributed by atoms with Crippen LogP contribution in [0.4, 0.5) is 0 Å². The SMILES string of the molecule is CC(NC(=O)c1ccc[nH]c1=S)c1ccc2c(c1)CCO2. The molecule has 1 aliphatic rings. The van der Waals surface area contributed by atoms with Gasteiger partial charge in [-0.15, -0.1) is 0 Å². The van der Waals surface area contributed by atoms with Gasteiger partial charge in [0.25, 0.3) is 5.91 Å². The summed E-state index contributed by atoms with van der Waals surface area (Å²) in [5.41, 5.74) is 2.76. The Hall–Kier alpha value is -2.14. The number of amides is 1. The quantitative estimate of drug-likeness (QED) is 0.856. The predicted octanol–water partition coefficient (Wildman–Crippen LogP) is 3.17. The maximum atomic E-state index is 12.3. The number of rotatable bonds is 3. The van der Waals surface area contributed by atoms with E-state index in [4.69, 9.17) is 17.0 Å². The molecule has 2 heterocycles. The first kappa shape index (κ1) is 13.8. The molecular weight excluding hydrogens is 284 g/mol. The highest BCUT2D eigenvalue weighted by molar-refractivity contribution is 7.71. The highest BCUT2D eigenvalue weighted by atomic mass is 32.1. The largest absolute Gasteiger partial charge is 0.493 e. The topological polar surface area (TPSA) is 54.1 Å². The molecule has 0 saturated heterocycles. The molecule has 1 unspecified atom stereocenters. The Balaban J connectivity index is 1.77. The van der Waals surface area contributed by atoms with Crippen molar-refractivity contribution in [3.63, 3.8) is 0 Å². The van der Waals surface area contributed by atoms with E-state index in [0.29, 0.717) is 10.2 Å². The van der Waals surface area contributed by atoms with E-state index in [1.165, 1.54) is 5.56 Å². The molecule has 2 N–H and O–H groups in total. The van der Waals surface area contributed by atoms with Gasteiger partial charge in [-0.3, -0.25) is 4.79 Å². The number of aromatic amines is 1. The number of H-pyrrole nitrogens is 1. The summed E-state index contributed by atoms with van der Waals surface area (Å²) in [6.07, 6.45) is 2.64. The Morgan fingerprint density at radius 3 is 3.10 bits per heavy atom. The third kappa shape index (κ3) is 2.83. The van der Waals surface area contributed by atoms with E-state index in [1.807, 2.05) is 19.1 Å². The van der Waals surface area contributed by atoms with Gasteiger partial charge in [-0.25, -0.2) is 0 Å². The van der Waals surface area contributed by atoms with Crippen molar-refractivity contribution in [2.75, 3.05) is 6.61 Å². The van der Waals surface area contributed by atoms with Gasteiger partial charge in [0.1, 0.15) is 10.4 Å². The molecular formula is C16H16N2O2S. The fourth-order valence-corrected chi connectivity index (χ4v) is 2.66. The molecule has 2 aromatic rings. The summed E-state index contributed by atoms with van der Waals surface area (Å²) in [4.78, 5) is 15.1. The Morgan fingerprint density at radius 2 is 2.29 bits per heavy atom. The number of hydrogen-bond acceptors (Lipinski definition) is 3. The average molecular weight is 300 g/mol. The summed E-state index contributed by atoms with van der Waals surface area (Å²) in [5, 5.41) is 2.98. The Morgan fingerprint density at radius 1 is 1.43 bits per heavy atom. The predicted molar refractivity (Wildman–Crippen MR) is 83.1 cm³/mol. The second-order valence-corrected chi connectivity index (χ2v) is 5.48. The van der Waals surface area contributed by atoms with E-state index in [2.05, 4.69) is 16.4 Å². The molecule has 0 saturated carbocycles. The lowest BCUT2D eigenvalue weighted by atomic mass is 10.0. The van der Waals surface area contributed by atoms with Gasteiger partial charge in [0, 0.05) is 12.6 Å². The van der Waals surface area contributed by atoms with Gasteiger partial charge in [-0.2, -0.15) is 0 Å². The van der Waals surface area contributed by atoms with Crippen molar-refractivity contribution in [1.82, 2.24) is 10.3 Å². The fourth-order valence-electron chi connectivity index (χ4n) is 2.43. The van der Waals surface area contributed by atoms with Gasteiger partial charge in [0.2, 0.25) is 0 Å². The molecule has 1 aliphatic heterocycles. The van der Waals surface area contributed by atoms with Crippen molar-refractivity contribution in [1.29, 1.82) is 0 Å². The summed E-state index contributed by atoms with van der Waals surface area (Å²) >= 11 is 5.13. The third-order valence-electron chi connectivity index (χ3n) is 3.62.